The number of aryl methyl sites for hydroxylation is 1. The number of nitrogens with one attached hydrogen (secondary N) is 2. The Morgan fingerprint density at radius 1 is 1.30 bits per heavy atom. The number of fused-ring (bicyclic) bond motifs is 1. The van der Waals surface area contributed by atoms with E-state index in [-0.39, 0.29) is 11.3 Å². The minimum absolute atomic E-state index is 0.172. The number of imidazole rings is 1. The molecule has 0 aliphatic carbocycles. The highest BCUT2D eigenvalue weighted by Gasteiger charge is 2.22. The lowest BCUT2D eigenvalue weighted by Gasteiger charge is -2.16. The average molecular weight is 369 g/mol. The second-order valence-electron chi connectivity index (χ2n) is 6.64. The van der Waals surface area contributed by atoms with Gasteiger partial charge in [0.15, 0.2) is 23.0 Å². The van der Waals surface area contributed by atoms with Crippen molar-refractivity contribution in [1.82, 2.24) is 24.9 Å². The number of hydrogen-bond donors (Lipinski definition) is 2. The third-order valence-corrected chi connectivity index (χ3v) is 4.69. The van der Waals surface area contributed by atoms with Crippen molar-refractivity contribution in [3.05, 3.63) is 47.8 Å². The van der Waals surface area contributed by atoms with Crippen LogP contribution in [0.1, 0.15) is 22.6 Å². The molecule has 1 aliphatic rings. The molecule has 0 aromatic carbocycles. The van der Waals surface area contributed by atoms with Crippen LogP contribution in [0, 0.1) is 12.7 Å². The summed E-state index contributed by atoms with van der Waals surface area (Å²) in [7, 11) is 1.94. The Hall–Kier alpha value is -3.07. The van der Waals surface area contributed by atoms with Crippen LogP contribution in [0.15, 0.2) is 30.6 Å². The van der Waals surface area contributed by atoms with Crippen LogP contribution in [-0.2, 0) is 0 Å². The van der Waals surface area contributed by atoms with E-state index in [2.05, 4.69) is 30.7 Å². The van der Waals surface area contributed by atoms with Crippen LogP contribution in [0.25, 0.3) is 5.65 Å². The highest BCUT2D eigenvalue weighted by molar-refractivity contribution is 6.02. The SMILES string of the molecule is CNC1CCN(c2ccc(C(=O)Nc3cc(F)c4nc(C)cn4c3)nn2)C1. The van der Waals surface area contributed by atoms with E-state index in [1.165, 1.54) is 6.07 Å². The molecule has 3 aromatic rings. The number of likely N-dealkylation sites (N-methyl/N-ethyl adjacent to an activating group) is 1. The number of amides is 1. The highest BCUT2D eigenvalue weighted by Crippen LogP contribution is 2.19. The summed E-state index contributed by atoms with van der Waals surface area (Å²) >= 11 is 0. The van der Waals surface area contributed by atoms with E-state index < -0.39 is 11.7 Å². The maximum Gasteiger partial charge on any atom is 0.276 e. The summed E-state index contributed by atoms with van der Waals surface area (Å²) in [6.07, 6.45) is 4.35. The van der Waals surface area contributed by atoms with E-state index in [1.54, 1.807) is 35.9 Å². The number of aromatic nitrogens is 4. The first-order valence-corrected chi connectivity index (χ1v) is 8.75. The lowest BCUT2D eigenvalue weighted by atomic mass is 10.3. The molecule has 140 valence electrons. The molecule has 1 fully saturated rings. The molecule has 3 aromatic heterocycles. The van der Waals surface area contributed by atoms with Crippen molar-refractivity contribution in [1.29, 1.82) is 0 Å². The number of halogens is 1. The molecule has 1 amide bonds. The summed E-state index contributed by atoms with van der Waals surface area (Å²) < 4.78 is 15.7. The van der Waals surface area contributed by atoms with Gasteiger partial charge in [0, 0.05) is 37.6 Å². The molecule has 0 radical (unpaired) electrons. The number of anilines is 2. The third kappa shape index (κ3) is 3.45. The van der Waals surface area contributed by atoms with Gasteiger partial charge in [-0.15, -0.1) is 10.2 Å². The Morgan fingerprint density at radius 3 is 2.85 bits per heavy atom. The summed E-state index contributed by atoms with van der Waals surface area (Å²) in [5.41, 5.74) is 1.41. The van der Waals surface area contributed by atoms with Gasteiger partial charge >= 0.3 is 0 Å². The first-order valence-electron chi connectivity index (χ1n) is 8.75. The first kappa shape index (κ1) is 17.3. The zero-order valence-electron chi connectivity index (χ0n) is 15.1. The monoisotopic (exact) mass is 369 g/mol. The van der Waals surface area contributed by atoms with Crippen LogP contribution >= 0.6 is 0 Å². The summed E-state index contributed by atoms with van der Waals surface area (Å²) in [6.45, 7) is 3.54. The largest absolute Gasteiger partial charge is 0.354 e. The fourth-order valence-electron chi connectivity index (χ4n) is 3.26. The molecule has 4 heterocycles. The van der Waals surface area contributed by atoms with Crippen LogP contribution < -0.4 is 15.5 Å². The van der Waals surface area contributed by atoms with Crippen molar-refractivity contribution >= 4 is 23.1 Å². The number of carbonyl (C=O) groups is 1. The van der Waals surface area contributed by atoms with Gasteiger partial charge in [0.1, 0.15) is 0 Å². The molecule has 0 spiro atoms. The molecule has 4 rings (SSSR count). The zero-order valence-corrected chi connectivity index (χ0v) is 15.1. The average Bonchev–Trinajstić information content (AvgIpc) is 3.28. The fraction of sp³-hybridized carbons (Fsp3) is 0.333. The van der Waals surface area contributed by atoms with Gasteiger partial charge in [-0.25, -0.2) is 9.37 Å². The Morgan fingerprint density at radius 2 is 2.15 bits per heavy atom. The van der Waals surface area contributed by atoms with Gasteiger partial charge in [-0.05, 0) is 32.5 Å². The van der Waals surface area contributed by atoms with E-state index in [0.29, 0.717) is 17.4 Å². The van der Waals surface area contributed by atoms with Crippen LogP contribution in [0.2, 0.25) is 0 Å². The van der Waals surface area contributed by atoms with Crippen molar-refractivity contribution in [2.24, 2.45) is 0 Å². The van der Waals surface area contributed by atoms with Crippen LogP contribution in [0.3, 0.4) is 0 Å². The van der Waals surface area contributed by atoms with Gasteiger partial charge in [-0.2, -0.15) is 0 Å². The van der Waals surface area contributed by atoms with Gasteiger partial charge in [0.2, 0.25) is 0 Å². The van der Waals surface area contributed by atoms with Gasteiger partial charge in [-0.3, -0.25) is 4.79 Å². The minimum atomic E-state index is -0.504. The van der Waals surface area contributed by atoms with Crippen LogP contribution in [0.4, 0.5) is 15.9 Å². The molecule has 0 bridgehead atoms. The van der Waals surface area contributed by atoms with E-state index in [4.69, 9.17) is 0 Å². The molecule has 1 unspecified atom stereocenters. The maximum absolute atomic E-state index is 14.1. The van der Waals surface area contributed by atoms with E-state index in [1.807, 2.05) is 7.05 Å². The predicted molar refractivity (Wildman–Crippen MR) is 99.5 cm³/mol. The van der Waals surface area contributed by atoms with Gasteiger partial charge in [0.25, 0.3) is 5.91 Å². The Labute approximate surface area is 155 Å². The van der Waals surface area contributed by atoms with Crippen molar-refractivity contribution < 1.29 is 9.18 Å². The van der Waals surface area contributed by atoms with Gasteiger partial charge < -0.3 is 19.9 Å². The van der Waals surface area contributed by atoms with Crippen molar-refractivity contribution in [3.63, 3.8) is 0 Å². The number of hydrogen-bond acceptors (Lipinski definition) is 6. The maximum atomic E-state index is 14.1. The van der Waals surface area contributed by atoms with E-state index in [9.17, 15) is 9.18 Å². The second-order valence-corrected chi connectivity index (χ2v) is 6.64. The summed E-state index contributed by atoms with van der Waals surface area (Å²) in [4.78, 5) is 18.6. The van der Waals surface area contributed by atoms with Crippen LogP contribution in [0.5, 0.6) is 0 Å². The highest BCUT2D eigenvalue weighted by atomic mass is 19.1. The predicted octanol–water partition coefficient (Wildman–Crippen LogP) is 1.62. The van der Waals surface area contributed by atoms with Gasteiger partial charge in [-0.1, -0.05) is 0 Å². The number of rotatable bonds is 4. The number of nitrogens with zero attached hydrogens (tertiary/aromatic N) is 5. The molecule has 1 aliphatic heterocycles. The second kappa shape index (κ2) is 6.92. The van der Waals surface area contributed by atoms with Crippen LogP contribution in [-0.4, -0.2) is 51.7 Å². The number of carbonyl (C=O) groups excluding carboxylic acids is 1. The molecule has 8 nitrogen and oxygen atoms in total. The Kier molecular flexibility index (Phi) is 4.44. The Balaban J connectivity index is 1.48. The normalized spacial score (nSPS) is 16.9. The molecular weight excluding hydrogens is 349 g/mol. The quantitative estimate of drug-likeness (QED) is 0.727. The topological polar surface area (TPSA) is 87.5 Å². The Bertz CT molecular complexity index is 985. The molecule has 1 atom stereocenters. The minimum Gasteiger partial charge on any atom is -0.354 e. The van der Waals surface area contributed by atoms with E-state index >= 15 is 0 Å². The first-order chi connectivity index (χ1) is 13.0. The lowest BCUT2D eigenvalue weighted by molar-refractivity contribution is 0.102. The van der Waals surface area contributed by atoms with Crippen molar-refractivity contribution in [3.8, 4) is 0 Å². The molecule has 2 N–H and O–H groups in total. The summed E-state index contributed by atoms with van der Waals surface area (Å²) in [6, 6.07) is 5.08. The summed E-state index contributed by atoms with van der Waals surface area (Å²) in [5, 5.41) is 14.1. The third-order valence-electron chi connectivity index (χ3n) is 4.69. The molecule has 9 heteroatoms. The van der Waals surface area contributed by atoms with Crippen molar-refractivity contribution in [2.75, 3.05) is 30.4 Å². The molecular formula is C18H20FN7O. The molecule has 0 saturated carbocycles. The molecule has 27 heavy (non-hydrogen) atoms. The zero-order chi connectivity index (χ0) is 19.0. The lowest BCUT2D eigenvalue weighted by Crippen LogP contribution is -2.30. The molecule has 1 saturated heterocycles. The van der Waals surface area contributed by atoms with Crippen molar-refractivity contribution in [2.45, 2.75) is 19.4 Å². The summed E-state index contributed by atoms with van der Waals surface area (Å²) in [5.74, 6) is -0.208. The van der Waals surface area contributed by atoms with E-state index in [0.717, 1.165) is 25.3 Å². The smallest absolute Gasteiger partial charge is 0.276 e. The number of pyridine rings is 1. The van der Waals surface area contributed by atoms with Gasteiger partial charge in [0.05, 0.1) is 11.4 Å². The standard InChI is InChI=1S/C18H20FN7O/c1-11-8-26-10-13(7-14(19)17(26)21-11)22-18(27)15-3-4-16(24-23-15)25-6-5-12(9-25)20-2/h3-4,7-8,10,12,20H,5-6,9H2,1-2H3,(H,22,27). The fourth-order valence-corrected chi connectivity index (χ4v) is 3.26.